The predicted octanol–water partition coefficient (Wildman–Crippen LogP) is 4.73. The Hall–Kier alpha value is -1.00. The molecule has 2 aromatic rings. The minimum absolute atomic E-state index is 0.545. The van der Waals surface area contributed by atoms with Crippen LogP contribution in [-0.4, -0.2) is 25.7 Å². The average Bonchev–Trinajstić information content (AvgIpc) is 2.54. The van der Waals surface area contributed by atoms with Gasteiger partial charge in [0.05, 0.1) is 18.8 Å². The van der Waals surface area contributed by atoms with Crippen LogP contribution in [0.5, 0.6) is 11.5 Å². The van der Waals surface area contributed by atoms with Crippen molar-refractivity contribution >= 4 is 34.3 Å². The number of rotatable bonds is 3. The maximum atomic E-state index is 5.50. The predicted molar refractivity (Wildman–Crippen MR) is 89.3 cm³/mol. The molecule has 1 fully saturated rings. The number of thioether (sulfide) groups is 2. The molecule has 0 unspecified atom stereocenters. The highest BCUT2D eigenvalue weighted by Crippen LogP contribution is 2.45. The molecule has 0 saturated carbocycles. The van der Waals surface area contributed by atoms with Crippen LogP contribution in [0.15, 0.2) is 30.3 Å². The second kappa shape index (κ2) is 6.19. The summed E-state index contributed by atoms with van der Waals surface area (Å²) in [6.45, 7) is 0. The van der Waals surface area contributed by atoms with Crippen molar-refractivity contribution in [2.24, 2.45) is 0 Å². The lowest BCUT2D eigenvalue weighted by Gasteiger charge is -2.22. The maximum Gasteiger partial charge on any atom is 0.126 e. The zero-order chi connectivity index (χ0) is 13.9. The Labute approximate surface area is 128 Å². The van der Waals surface area contributed by atoms with Crippen LogP contribution in [0.1, 0.15) is 16.6 Å². The van der Waals surface area contributed by atoms with Crippen molar-refractivity contribution in [3.63, 3.8) is 0 Å². The summed E-state index contributed by atoms with van der Waals surface area (Å²) >= 11 is 4.08. The SMILES string of the molecule is COc1ccc(OC)c2cc(C3SCCCS3)ccc12. The van der Waals surface area contributed by atoms with Gasteiger partial charge >= 0.3 is 0 Å². The quantitative estimate of drug-likeness (QED) is 0.816. The Morgan fingerprint density at radius 3 is 2.20 bits per heavy atom. The van der Waals surface area contributed by atoms with Crippen LogP contribution in [-0.2, 0) is 0 Å². The highest BCUT2D eigenvalue weighted by atomic mass is 32.2. The van der Waals surface area contributed by atoms with E-state index < -0.39 is 0 Å². The Kier molecular flexibility index (Phi) is 4.32. The van der Waals surface area contributed by atoms with E-state index in [1.165, 1.54) is 23.5 Å². The largest absolute Gasteiger partial charge is 0.496 e. The van der Waals surface area contributed by atoms with E-state index >= 15 is 0 Å². The van der Waals surface area contributed by atoms with Gasteiger partial charge in [0, 0.05) is 10.8 Å². The van der Waals surface area contributed by atoms with Crippen LogP contribution in [0.3, 0.4) is 0 Å². The van der Waals surface area contributed by atoms with E-state index in [1.807, 2.05) is 35.7 Å². The lowest BCUT2D eigenvalue weighted by molar-refractivity contribution is 0.410. The van der Waals surface area contributed by atoms with E-state index in [4.69, 9.17) is 9.47 Å². The van der Waals surface area contributed by atoms with Gasteiger partial charge in [0.25, 0.3) is 0 Å². The van der Waals surface area contributed by atoms with Gasteiger partial charge in [0.1, 0.15) is 11.5 Å². The second-order valence-electron chi connectivity index (χ2n) is 4.70. The molecule has 106 valence electrons. The molecule has 0 atom stereocenters. The van der Waals surface area contributed by atoms with Gasteiger partial charge in [-0.1, -0.05) is 12.1 Å². The third-order valence-corrected chi connectivity index (χ3v) is 6.51. The van der Waals surface area contributed by atoms with Crippen LogP contribution in [0.25, 0.3) is 10.8 Å². The van der Waals surface area contributed by atoms with Gasteiger partial charge in [-0.2, -0.15) is 0 Å². The lowest BCUT2D eigenvalue weighted by Crippen LogP contribution is -2.00. The fourth-order valence-corrected chi connectivity index (χ4v) is 5.37. The van der Waals surface area contributed by atoms with Crippen molar-refractivity contribution in [1.29, 1.82) is 0 Å². The molecule has 4 heteroatoms. The molecule has 1 aliphatic rings. The standard InChI is InChI=1S/C16H18O2S2/c1-17-14-6-7-15(18-2)13-10-11(4-5-12(13)14)16-19-8-3-9-20-16/h4-7,10,16H,3,8-9H2,1-2H3. The van der Waals surface area contributed by atoms with Crippen LogP contribution >= 0.6 is 23.5 Å². The lowest BCUT2D eigenvalue weighted by atomic mass is 10.1. The topological polar surface area (TPSA) is 18.5 Å². The minimum atomic E-state index is 0.545. The molecule has 1 aliphatic heterocycles. The number of ether oxygens (including phenoxy) is 2. The Morgan fingerprint density at radius 1 is 0.900 bits per heavy atom. The molecule has 1 heterocycles. The summed E-state index contributed by atoms with van der Waals surface area (Å²) in [6, 6.07) is 10.6. The number of hydrogen-bond acceptors (Lipinski definition) is 4. The zero-order valence-electron chi connectivity index (χ0n) is 11.7. The van der Waals surface area contributed by atoms with Crippen LogP contribution in [0.2, 0.25) is 0 Å². The molecule has 2 aromatic carbocycles. The number of hydrogen-bond donors (Lipinski definition) is 0. The van der Waals surface area contributed by atoms with Crippen molar-refractivity contribution < 1.29 is 9.47 Å². The molecule has 0 radical (unpaired) electrons. The summed E-state index contributed by atoms with van der Waals surface area (Å²) in [5.74, 6) is 4.32. The van der Waals surface area contributed by atoms with Crippen LogP contribution in [0.4, 0.5) is 0 Å². The van der Waals surface area contributed by atoms with Gasteiger partial charge in [0.15, 0.2) is 0 Å². The summed E-state index contributed by atoms with van der Waals surface area (Å²) in [6.07, 6.45) is 1.32. The first-order valence-electron chi connectivity index (χ1n) is 6.71. The smallest absolute Gasteiger partial charge is 0.126 e. The summed E-state index contributed by atoms with van der Waals surface area (Å²) < 4.78 is 11.5. The zero-order valence-corrected chi connectivity index (χ0v) is 13.4. The molecule has 0 bridgehead atoms. The third kappa shape index (κ3) is 2.59. The second-order valence-corrected chi connectivity index (χ2v) is 7.43. The summed E-state index contributed by atoms with van der Waals surface area (Å²) in [5, 5.41) is 2.25. The first-order valence-corrected chi connectivity index (χ1v) is 8.81. The fourth-order valence-electron chi connectivity index (χ4n) is 2.49. The molecule has 2 nitrogen and oxygen atoms in total. The van der Waals surface area contributed by atoms with Crippen molar-refractivity contribution in [3.05, 3.63) is 35.9 Å². The molecule has 0 aliphatic carbocycles. The number of methoxy groups -OCH3 is 2. The maximum absolute atomic E-state index is 5.50. The van der Waals surface area contributed by atoms with Gasteiger partial charge < -0.3 is 9.47 Å². The van der Waals surface area contributed by atoms with Gasteiger partial charge in [-0.25, -0.2) is 0 Å². The Bertz CT molecular complexity index is 607. The molecule has 3 rings (SSSR count). The van der Waals surface area contributed by atoms with Gasteiger partial charge in [-0.3, -0.25) is 0 Å². The Morgan fingerprint density at radius 2 is 1.55 bits per heavy atom. The molecule has 0 amide bonds. The highest BCUT2D eigenvalue weighted by Gasteiger charge is 2.18. The van der Waals surface area contributed by atoms with E-state index in [9.17, 15) is 0 Å². The van der Waals surface area contributed by atoms with E-state index in [-0.39, 0.29) is 0 Å². The summed E-state index contributed by atoms with van der Waals surface area (Å²) in [7, 11) is 3.43. The number of fused-ring (bicyclic) bond motifs is 1. The van der Waals surface area contributed by atoms with E-state index in [0.717, 1.165) is 22.3 Å². The molecule has 1 saturated heterocycles. The fraction of sp³-hybridized carbons (Fsp3) is 0.375. The monoisotopic (exact) mass is 306 g/mol. The molecule has 0 aromatic heterocycles. The first-order chi connectivity index (χ1) is 9.83. The van der Waals surface area contributed by atoms with Crippen LogP contribution < -0.4 is 9.47 Å². The number of benzene rings is 2. The molecule has 20 heavy (non-hydrogen) atoms. The molecule has 0 N–H and O–H groups in total. The van der Waals surface area contributed by atoms with E-state index in [0.29, 0.717) is 4.58 Å². The van der Waals surface area contributed by atoms with Gasteiger partial charge in [-0.15, -0.1) is 23.5 Å². The normalized spacial score (nSPS) is 16.3. The summed E-state index contributed by atoms with van der Waals surface area (Å²) in [4.78, 5) is 0. The molecule has 0 spiro atoms. The van der Waals surface area contributed by atoms with Gasteiger partial charge in [0.2, 0.25) is 0 Å². The summed E-state index contributed by atoms with van der Waals surface area (Å²) in [5.41, 5.74) is 1.37. The van der Waals surface area contributed by atoms with Crippen molar-refractivity contribution in [3.8, 4) is 11.5 Å². The Balaban J connectivity index is 2.08. The van der Waals surface area contributed by atoms with Crippen molar-refractivity contribution in [2.45, 2.75) is 11.0 Å². The minimum Gasteiger partial charge on any atom is -0.496 e. The first kappa shape index (κ1) is 14.0. The van der Waals surface area contributed by atoms with E-state index in [1.54, 1.807) is 14.2 Å². The molecular weight excluding hydrogens is 288 g/mol. The molecular formula is C16H18O2S2. The van der Waals surface area contributed by atoms with Gasteiger partial charge in [-0.05, 0) is 41.7 Å². The average molecular weight is 306 g/mol. The van der Waals surface area contributed by atoms with Crippen LogP contribution in [0, 0.1) is 0 Å². The highest BCUT2D eigenvalue weighted by molar-refractivity contribution is 8.16. The van der Waals surface area contributed by atoms with E-state index in [2.05, 4.69) is 18.2 Å². The third-order valence-electron chi connectivity index (χ3n) is 3.50. The van der Waals surface area contributed by atoms with Crippen molar-refractivity contribution in [1.82, 2.24) is 0 Å². The van der Waals surface area contributed by atoms with Crippen molar-refractivity contribution in [2.75, 3.05) is 25.7 Å².